The number of esters is 2. The van der Waals surface area contributed by atoms with Crippen LogP contribution in [0.25, 0.3) is 4.85 Å². The molecule has 0 heterocycles. The molecule has 0 bridgehead atoms. The van der Waals surface area contributed by atoms with Gasteiger partial charge in [-0.15, -0.1) is 0 Å². The van der Waals surface area contributed by atoms with Crippen molar-refractivity contribution in [2.45, 2.75) is 0 Å². The summed E-state index contributed by atoms with van der Waals surface area (Å²) in [6, 6.07) is 11.4. The molecule has 0 atom stereocenters. The van der Waals surface area contributed by atoms with Crippen molar-refractivity contribution in [2.75, 3.05) is 14.2 Å². The van der Waals surface area contributed by atoms with Gasteiger partial charge >= 0.3 is 11.9 Å². The number of hydrogen-bond acceptors (Lipinski definition) is 4. The lowest BCUT2D eigenvalue weighted by molar-refractivity contribution is 0.0555. The lowest BCUT2D eigenvalue weighted by Gasteiger charge is -2.06. The normalized spacial score (nSPS) is 9.21. The van der Waals surface area contributed by atoms with Gasteiger partial charge in [-0.25, -0.2) is 14.4 Å². The summed E-state index contributed by atoms with van der Waals surface area (Å²) >= 11 is 0. The van der Waals surface area contributed by atoms with Crippen LogP contribution in [0.5, 0.6) is 0 Å². The molecular weight excluding hydrogens is 306 g/mol. The van der Waals surface area contributed by atoms with Gasteiger partial charge in [0.2, 0.25) is 0 Å². The molecule has 2 rings (SSSR count). The van der Waals surface area contributed by atoms with Gasteiger partial charge in [-0.3, -0.25) is 0 Å². The molecule has 0 fully saturated rings. The van der Waals surface area contributed by atoms with Gasteiger partial charge in [0.25, 0.3) is 0 Å². The van der Waals surface area contributed by atoms with E-state index in [0.29, 0.717) is 11.3 Å². The highest BCUT2D eigenvalue weighted by atomic mass is 16.5. The number of methoxy groups -OCH3 is 2. The molecule has 0 radical (unpaired) electrons. The van der Waals surface area contributed by atoms with Crippen molar-refractivity contribution in [1.82, 2.24) is 0 Å². The van der Waals surface area contributed by atoms with Crippen LogP contribution in [-0.2, 0) is 9.47 Å². The Morgan fingerprint density at radius 1 is 0.875 bits per heavy atom. The van der Waals surface area contributed by atoms with Crippen molar-refractivity contribution in [2.24, 2.45) is 0 Å². The van der Waals surface area contributed by atoms with Gasteiger partial charge in [0.15, 0.2) is 5.69 Å². The molecule has 5 heteroatoms. The molecule has 2 aromatic carbocycles. The Morgan fingerprint density at radius 3 is 2.00 bits per heavy atom. The van der Waals surface area contributed by atoms with Gasteiger partial charge < -0.3 is 9.47 Å². The first-order valence-corrected chi connectivity index (χ1v) is 6.89. The Morgan fingerprint density at radius 2 is 1.42 bits per heavy atom. The molecule has 0 aliphatic heterocycles. The minimum absolute atomic E-state index is 0.0968. The lowest BCUT2D eigenvalue weighted by Crippen LogP contribution is -2.12. The van der Waals surface area contributed by atoms with E-state index in [1.807, 2.05) is 0 Å². The Labute approximate surface area is 139 Å². The van der Waals surface area contributed by atoms with Crippen LogP contribution in [0.4, 0.5) is 5.69 Å². The maximum absolute atomic E-state index is 11.8. The first-order chi connectivity index (χ1) is 11.6. The van der Waals surface area contributed by atoms with E-state index < -0.39 is 11.9 Å². The lowest BCUT2D eigenvalue weighted by atomic mass is 10.0. The molecule has 2 aromatic rings. The highest BCUT2D eigenvalue weighted by molar-refractivity contribution is 6.03. The van der Waals surface area contributed by atoms with Gasteiger partial charge in [0.1, 0.15) is 0 Å². The van der Waals surface area contributed by atoms with E-state index in [1.165, 1.54) is 26.4 Å². The number of benzene rings is 2. The predicted octanol–water partition coefficient (Wildman–Crippen LogP) is 3.21. The zero-order valence-electron chi connectivity index (χ0n) is 13.1. The zero-order chi connectivity index (χ0) is 17.5. The van der Waals surface area contributed by atoms with Crippen molar-refractivity contribution in [3.63, 3.8) is 0 Å². The highest BCUT2D eigenvalue weighted by Gasteiger charge is 2.18. The third-order valence-corrected chi connectivity index (χ3v) is 3.18. The Kier molecular flexibility index (Phi) is 5.33. The van der Waals surface area contributed by atoms with E-state index in [0.717, 1.165) is 5.56 Å². The second-order valence-electron chi connectivity index (χ2n) is 4.65. The van der Waals surface area contributed by atoms with Gasteiger partial charge in [0.05, 0.1) is 31.9 Å². The van der Waals surface area contributed by atoms with Crippen molar-refractivity contribution in [3.8, 4) is 11.8 Å². The van der Waals surface area contributed by atoms with Crippen molar-refractivity contribution in [3.05, 3.63) is 76.1 Å². The quantitative estimate of drug-likeness (QED) is 0.484. The predicted molar refractivity (Wildman–Crippen MR) is 87.8 cm³/mol. The summed E-state index contributed by atoms with van der Waals surface area (Å²) in [6.07, 6.45) is 0. The van der Waals surface area contributed by atoms with Gasteiger partial charge in [-0.05, 0) is 18.2 Å². The number of carbonyl (C=O) groups is 2. The maximum atomic E-state index is 11.8. The Hall–Kier alpha value is -3.57. The van der Waals surface area contributed by atoms with Crippen LogP contribution in [-0.4, -0.2) is 26.2 Å². The first kappa shape index (κ1) is 16.8. The van der Waals surface area contributed by atoms with Crippen molar-refractivity contribution < 1.29 is 19.1 Å². The number of hydrogen-bond donors (Lipinski definition) is 0. The summed E-state index contributed by atoms with van der Waals surface area (Å²) in [5.74, 6) is 4.59. The molecule has 24 heavy (non-hydrogen) atoms. The number of nitrogens with zero attached hydrogens (tertiary/aromatic N) is 1. The summed E-state index contributed by atoms with van der Waals surface area (Å²) in [6.45, 7) is 6.91. The smallest absolute Gasteiger partial charge is 0.338 e. The molecule has 0 aromatic heterocycles. The summed E-state index contributed by atoms with van der Waals surface area (Å²) in [5, 5.41) is 0. The second-order valence-corrected chi connectivity index (χ2v) is 4.65. The molecule has 0 amide bonds. The maximum Gasteiger partial charge on any atom is 0.338 e. The Balaban J connectivity index is 2.38. The monoisotopic (exact) mass is 319 g/mol. The molecule has 0 aliphatic rings. The fourth-order valence-corrected chi connectivity index (χ4v) is 1.95. The van der Waals surface area contributed by atoms with E-state index in [4.69, 9.17) is 11.3 Å². The molecule has 0 unspecified atom stereocenters. The molecule has 0 saturated heterocycles. The van der Waals surface area contributed by atoms with Gasteiger partial charge in [0, 0.05) is 11.1 Å². The molecule has 0 N–H and O–H groups in total. The molecule has 0 saturated carbocycles. The van der Waals surface area contributed by atoms with Crippen LogP contribution in [0.3, 0.4) is 0 Å². The van der Waals surface area contributed by atoms with Crippen molar-refractivity contribution >= 4 is 17.6 Å². The third-order valence-electron chi connectivity index (χ3n) is 3.18. The molecule has 0 aliphatic carbocycles. The van der Waals surface area contributed by atoms with E-state index in [2.05, 4.69) is 21.4 Å². The number of rotatable bonds is 2. The van der Waals surface area contributed by atoms with Crippen LogP contribution in [0, 0.1) is 18.4 Å². The average molecular weight is 319 g/mol. The number of carbonyl (C=O) groups excluding carboxylic acids is 2. The van der Waals surface area contributed by atoms with Crippen LogP contribution in [0.2, 0.25) is 0 Å². The SMILES string of the molecule is [C-]#[N+]c1ccc(C#Cc2ccc(C(=O)OC)c(C(=O)OC)c2)cc1. The standard InChI is InChI=1S/C19H13NO4/c1-20-15-9-6-13(7-10-15)4-5-14-8-11-16(18(21)23-2)17(12-14)19(22)24-3/h6-12H,2-3H3. The highest BCUT2D eigenvalue weighted by Crippen LogP contribution is 2.15. The van der Waals surface area contributed by atoms with E-state index >= 15 is 0 Å². The topological polar surface area (TPSA) is 57.0 Å². The summed E-state index contributed by atoms with van der Waals surface area (Å²) in [5.41, 5.74) is 2.04. The van der Waals surface area contributed by atoms with Crippen LogP contribution < -0.4 is 0 Å². The van der Waals surface area contributed by atoms with Crippen LogP contribution >= 0.6 is 0 Å². The summed E-state index contributed by atoms with van der Waals surface area (Å²) in [4.78, 5) is 26.9. The fourth-order valence-electron chi connectivity index (χ4n) is 1.95. The Bertz CT molecular complexity index is 880. The van der Waals surface area contributed by atoms with Crippen LogP contribution in [0.15, 0.2) is 42.5 Å². The van der Waals surface area contributed by atoms with E-state index in [1.54, 1.807) is 30.3 Å². The minimum atomic E-state index is -0.638. The van der Waals surface area contributed by atoms with Gasteiger partial charge in [-0.1, -0.05) is 36.1 Å². The summed E-state index contributed by atoms with van der Waals surface area (Å²) < 4.78 is 9.35. The minimum Gasteiger partial charge on any atom is -0.465 e. The molecular formula is C19H13NO4. The third kappa shape index (κ3) is 3.79. The van der Waals surface area contributed by atoms with E-state index in [-0.39, 0.29) is 11.1 Å². The number of ether oxygens (including phenoxy) is 2. The summed E-state index contributed by atoms with van der Waals surface area (Å²) in [7, 11) is 2.48. The molecule has 5 nitrogen and oxygen atoms in total. The van der Waals surface area contributed by atoms with Gasteiger partial charge in [-0.2, -0.15) is 0 Å². The first-order valence-electron chi connectivity index (χ1n) is 6.89. The fraction of sp³-hybridized carbons (Fsp3) is 0.105. The van der Waals surface area contributed by atoms with Crippen LogP contribution in [0.1, 0.15) is 31.8 Å². The molecule has 118 valence electrons. The average Bonchev–Trinajstić information content (AvgIpc) is 2.65. The zero-order valence-corrected chi connectivity index (χ0v) is 13.1. The van der Waals surface area contributed by atoms with Crippen molar-refractivity contribution in [1.29, 1.82) is 0 Å². The van der Waals surface area contributed by atoms with E-state index in [9.17, 15) is 9.59 Å². The second kappa shape index (κ2) is 7.62. The largest absolute Gasteiger partial charge is 0.465 e. The molecule has 0 spiro atoms.